The molecule has 114 valence electrons. The minimum Gasteiger partial charge on any atom is -0.434 e. The molecule has 21 heavy (non-hydrogen) atoms. The van der Waals surface area contributed by atoms with Crippen LogP contribution >= 0.6 is 0 Å². The Morgan fingerprint density at radius 3 is 2.52 bits per heavy atom. The Bertz CT molecular complexity index is 863. The molecule has 8 nitrogen and oxygen atoms in total. The molecule has 0 saturated carbocycles. The summed E-state index contributed by atoms with van der Waals surface area (Å²) in [6, 6.07) is 6.61. The van der Waals surface area contributed by atoms with Crippen molar-refractivity contribution >= 4 is 36.1 Å². The van der Waals surface area contributed by atoms with E-state index in [-0.39, 0.29) is 11.6 Å². The molecule has 2 rings (SSSR count). The molecule has 0 N–H and O–H groups in total. The lowest BCUT2D eigenvalue weighted by atomic mass is 10.3. The standard InChI is InChI=1S/C11H12N2O6S2/c1-3-21(16,17)11(13-19-20(2,14)15)10-12-8-6-4-5-7-9(8)18-10/h4-7H,3H2,1-2H3/b13-11-. The lowest BCUT2D eigenvalue weighted by Gasteiger charge is -2.01. The smallest absolute Gasteiger partial charge is 0.325 e. The maximum absolute atomic E-state index is 12.0. The van der Waals surface area contributed by atoms with Gasteiger partial charge in [0, 0.05) is 0 Å². The monoisotopic (exact) mass is 332 g/mol. The zero-order valence-corrected chi connectivity index (χ0v) is 12.8. The first-order valence-electron chi connectivity index (χ1n) is 5.78. The van der Waals surface area contributed by atoms with E-state index in [4.69, 9.17) is 4.42 Å². The lowest BCUT2D eigenvalue weighted by molar-refractivity contribution is 0.343. The summed E-state index contributed by atoms with van der Waals surface area (Å²) in [4.78, 5) is 3.98. The summed E-state index contributed by atoms with van der Waals surface area (Å²) in [5.41, 5.74) is 0.775. The Kier molecular flexibility index (Phi) is 4.01. The highest BCUT2D eigenvalue weighted by Crippen LogP contribution is 2.17. The van der Waals surface area contributed by atoms with Crippen LogP contribution in [0.3, 0.4) is 0 Å². The van der Waals surface area contributed by atoms with Gasteiger partial charge >= 0.3 is 10.1 Å². The zero-order valence-electron chi connectivity index (χ0n) is 11.2. The molecule has 0 aliphatic carbocycles. The average molecular weight is 332 g/mol. The van der Waals surface area contributed by atoms with Gasteiger partial charge in [-0.1, -0.05) is 19.1 Å². The minimum absolute atomic E-state index is 0.308. The molecular weight excluding hydrogens is 320 g/mol. The van der Waals surface area contributed by atoms with Gasteiger partial charge in [0.05, 0.1) is 12.0 Å². The number of sulfone groups is 1. The first-order chi connectivity index (χ1) is 9.73. The third kappa shape index (κ3) is 3.58. The van der Waals surface area contributed by atoms with E-state index in [1.807, 2.05) is 0 Å². The van der Waals surface area contributed by atoms with Crippen molar-refractivity contribution in [3.63, 3.8) is 0 Å². The second kappa shape index (κ2) is 5.45. The molecule has 1 heterocycles. The van der Waals surface area contributed by atoms with E-state index in [9.17, 15) is 16.8 Å². The Morgan fingerprint density at radius 1 is 1.29 bits per heavy atom. The van der Waals surface area contributed by atoms with Crippen molar-refractivity contribution < 1.29 is 25.5 Å². The van der Waals surface area contributed by atoms with Gasteiger partial charge in [0.25, 0.3) is 10.9 Å². The summed E-state index contributed by atoms with van der Waals surface area (Å²) in [5.74, 6) is -0.626. The SMILES string of the molecule is CCS(=O)(=O)/C(=N\OS(C)(=O)=O)c1nc2ccccc2o1. The van der Waals surface area contributed by atoms with Crippen molar-refractivity contribution in [2.45, 2.75) is 6.92 Å². The molecule has 0 aliphatic rings. The number of oxime groups is 1. The number of hydrogen-bond acceptors (Lipinski definition) is 8. The van der Waals surface area contributed by atoms with Gasteiger partial charge in [-0.25, -0.2) is 13.4 Å². The number of aromatic nitrogens is 1. The van der Waals surface area contributed by atoms with Gasteiger partial charge in [0.15, 0.2) is 5.58 Å². The number of fused-ring (bicyclic) bond motifs is 1. The summed E-state index contributed by atoms with van der Waals surface area (Å²) in [6.45, 7) is 1.38. The van der Waals surface area contributed by atoms with Crippen LogP contribution in [0.15, 0.2) is 33.8 Å². The summed E-state index contributed by atoms with van der Waals surface area (Å²) in [7, 11) is -7.83. The van der Waals surface area contributed by atoms with E-state index in [0.717, 1.165) is 6.26 Å². The topological polar surface area (TPSA) is 116 Å². The van der Waals surface area contributed by atoms with Crippen molar-refractivity contribution in [2.75, 3.05) is 12.0 Å². The molecule has 0 amide bonds. The largest absolute Gasteiger partial charge is 0.434 e. The number of para-hydroxylation sites is 2. The second-order valence-electron chi connectivity index (χ2n) is 4.07. The van der Waals surface area contributed by atoms with Crippen LogP contribution in [-0.4, -0.2) is 38.9 Å². The number of nitrogens with zero attached hydrogens (tertiary/aromatic N) is 2. The number of oxazole rings is 1. The fourth-order valence-corrected chi connectivity index (χ4v) is 2.47. The fourth-order valence-electron chi connectivity index (χ4n) is 1.43. The van der Waals surface area contributed by atoms with E-state index in [1.165, 1.54) is 6.92 Å². The molecule has 0 unspecified atom stereocenters. The van der Waals surface area contributed by atoms with Gasteiger partial charge in [0.2, 0.25) is 9.84 Å². The van der Waals surface area contributed by atoms with Crippen LogP contribution in [-0.2, 0) is 24.2 Å². The lowest BCUT2D eigenvalue weighted by Crippen LogP contribution is -2.19. The normalized spacial score (nSPS) is 13.5. The number of benzene rings is 1. The Balaban J connectivity index is 2.59. The van der Waals surface area contributed by atoms with Crippen LogP contribution in [0.5, 0.6) is 0 Å². The maximum Gasteiger partial charge on any atom is 0.325 e. The van der Waals surface area contributed by atoms with Gasteiger partial charge in [-0.3, -0.25) is 4.28 Å². The Labute approximate surface area is 121 Å². The highest BCUT2D eigenvalue weighted by molar-refractivity contribution is 8.06. The molecule has 0 atom stereocenters. The first-order valence-corrected chi connectivity index (χ1v) is 9.25. The van der Waals surface area contributed by atoms with Crippen LogP contribution in [0.4, 0.5) is 0 Å². The van der Waals surface area contributed by atoms with Crippen molar-refractivity contribution in [3.8, 4) is 0 Å². The minimum atomic E-state index is -3.95. The summed E-state index contributed by atoms with van der Waals surface area (Å²) in [5, 5.41) is 2.53. The zero-order chi connectivity index (χ0) is 15.7. The van der Waals surface area contributed by atoms with Gasteiger partial charge < -0.3 is 4.42 Å². The quantitative estimate of drug-likeness (QED) is 0.464. The predicted octanol–water partition coefficient (Wildman–Crippen LogP) is 0.900. The molecule has 0 bridgehead atoms. The van der Waals surface area contributed by atoms with Crippen LogP contribution < -0.4 is 0 Å². The van der Waals surface area contributed by atoms with E-state index in [1.54, 1.807) is 24.3 Å². The van der Waals surface area contributed by atoms with Crippen LogP contribution in [0.25, 0.3) is 11.1 Å². The summed E-state index contributed by atoms with van der Waals surface area (Å²) in [6.07, 6.45) is 0.749. The third-order valence-corrected chi connectivity index (χ3v) is 4.35. The molecule has 0 spiro atoms. The average Bonchev–Trinajstić information content (AvgIpc) is 2.80. The first kappa shape index (κ1) is 15.4. The molecule has 10 heteroatoms. The van der Waals surface area contributed by atoms with Crippen LogP contribution in [0, 0.1) is 0 Å². The Morgan fingerprint density at radius 2 is 1.95 bits per heavy atom. The van der Waals surface area contributed by atoms with Crippen molar-refractivity contribution in [2.24, 2.45) is 5.16 Å². The van der Waals surface area contributed by atoms with E-state index < -0.39 is 25.0 Å². The Hall–Kier alpha value is -1.94. The fraction of sp³-hybridized carbons (Fsp3) is 0.273. The molecule has 1 aromatic carbocycles. The van der Waals surface area contributed by atoms with Crippen LogP contribution in [0.2, 0.25) is 0 Å². The second-order valence-corrected chi connectivity index (χ2v) is 7.82. The molecule has 0 fully saturated rings. The van der Waals surface area contributed by atoms with E-state index in [2.05, 4.69) is 14.4 Å². The highest BCUT2D eigenvalue weighted by atomic mass is 32.2. The van der Waals surface area contributed by atoms with Crippen LogP contribution in [0.1, 0.15) is 12.8 Å². The van der Waals surface area contributed by atoms with Gasteiger partial charge in [0.1, 0.15) is 5.52 Å². The summed E-state index contributed by atoms with van der Waals surface area (Å²) < 4.78 is 55.4. The molecule has 0 saturated heterocycles. The molecule has 2 aromatic rings. The third-order valence-electron chi connectivity index (χ3n) is 2.41. The van der Waals surface area contributed by atoms with Gasteiger partial charge in [-0.2, -0.15) is 8.42 Å². The molecule has 0 radical (unpaired) electrons. The predicted molar refractivity (Wildman–Crippen MR) is 75.9 cm³/mol. The van der Waals surface area contributed by atoms with Crippen molar-refractivity contribution in [1.29, 1.82) is 0 Å². The number of hydrogen-bond donors (Lipinski definition) is 0. The molecule has 0 aliphatic heterocycles. The summed E-state index contributed by atoms with van der Waals surface area (Å²) >= 11 is 0. The highest BCUT2D eigenvalue weighted by Gasteiger charge is 2.27. The van der Waals surface area contributed by atoms with E-state index in [0.29, 0.717) is 11.1 Å². The molecule has 1 aromatic heterocycles. The van der Waals surface area contributed by atoms with Gasteiger partial charge in [-0.15, -0.1) is 0 Å². The maximum atomic E-state index is 12.0. The van der Waals surface area contributed by atoms with Gasteiger partial charge in [-0.05, 0) is 17.3 Å². The van der Waals surface area contributed by atoms with Crippen molar-refractivity contribution in [3.05, 3.63) is 30.2 Å². The molecular formula is C11H12N2O6S2. The van der Waals surface area contributed by atoms with E-state index >= 15 is 0 Å². The number of rotatable bonds is 4. The van der Waals surface area contributed by atoms with Crippen molar-refractivity contribution in [1.82, 2.24) is 4.98 Å².